The van der Waals surface area contributed by atoms with Gasteiger partial charge in [0.25, 0.3) is 0 Å². The molecule has 6 rings (SSSR count). The molecular formula is C27H23F6N5O6. The first-order valence-electron chi connectivity index (χ1n) is 12.7. The molecule has 17 heteroatoms. The molecule has 0 radical (unpaired) electrons. The van der Waals surface area contributed by atoms with Gasteiger partial charge in [0.2, 0.25) is 6.79 Å². The van der Waals surface area contributed by atoms with Gasteiger partial charge in [-0.25, -0.2) is 19.1 Å². The molecule has 1 fully saturated rings. The molecule has 0 amide bonds. The summed E-state index contributed by atoms with van der Waals surface area (Å²) in [5.41, 5.74) is 4.36. The van der Waals surface area contributed by atoms with E-state index in [2.05, 4.69) is 28.1 Å². The number of fused-ring (bicyclic) bond motifs is 2. The molecule has 2 N–H and O–H groups in total. The first-order valence-corrected chi connectivity index (χ1v) is 12.7. The van der Waals surface area contributed by atoms with Gasteiger partial charge in [-0.1, -0.05) is 6.07 Å². The van der Waals surface area contributed by atoms with Gasteiger partial charge in [0.05, 0.1) is 0 Å². The molecule has 0 spiro atoms. The number of ether oxygens (including phenoxy) is 2. The van der Waals surface area contributed by atoms with E-state index in [1.165, 1.54) is 5.56 Å². The second kappa shape index (κ2) is 13.2. The number of benzene rings is 1. The number of carbonyl (C=O) groups is 2. The highest BCUT2D eigenvalue weighted by Gasteiger charge is 2.39. The van der Waals surface area contributed by atoms with Crippen LogP contribution in [0.25, 0.3) is 16.8 Å². The van der Waals surface area contributed by atoms with Gasteiger partial charge in [-0.05, 0) is 60.5 Å². The van der Waals surface area contributed by atoms with Gasteiger partial charge in [0.15, 0.2) is 23.0 Å². The molecule has 1 aromatic carbocycles. The lowest BCUT2D eigenvalue weighted by atomic mass is 10.1. The van der Waals surface area contributed by atoms with Crippen molar-refractivity contribution >= 4 is 17.6 Å². The predicted molar refractivity (Wildman–Crippen MR) is 139 cm³/mol. The summed E-state index contributed by atoms with van der Waals surface area (Å²) < 4.78 is 76.3. The number of rotatable bonds is 4. The maximum Gasteiger partial charge on any atom is 0.490 e. The number of alkyl halides is 6. The van der Waals surface area contributed by atoms with Crippen LogP contribution >= 0.6 is 0 Å². The SMILES string of the molecule is O=C(O)C(F)(F)F.O=C(O)C(F)(F)F.c1cc(-c2ccc3nc(C4CCN(Cc5ccc6c(c5)OCO6)C4)nn3c2)ccn1. The number of hydrogen-bond donors (Lipinski definition) is 2. The summed E-state index contributed by atoms with van der Waals surface area (Å²) in [6.07, 6.45) is -3.45. The van der Waals surface area contributed by atoms with E-state index in [1.807, 2.05) is 35.0 Å². The zero-order valence-corrected chi connectivity index (χ0v) is 22.4. The Morgan fingerprint density at radius 1 is 0.886 bits per heavy atom. The summed E-state index contributed by atoms with van der Waals surface area (Å²) >= 11 is 0. The lowest BCUT2D eigenvalue weighted by Gasteiger charge is -2.15. The molecule has 44 heavy (non-hydrogen) atoms. The van der Waals surface area contributed by atoms with E-state index < -0.39 is 24.3 Å². The van der Waals surface area contributed by atoms with Crippen molar-refractivity contribution in [2.45, 2.75) is 31.2 Å². The molecule has 0 saturated carbocycles. The second-order valence-electron chi connectivity index (χ2n) is 9.44. The largest absolute Gasteiger partial charge is 0.490 e. The Hall–Kier alpha value is -4.93. The minimum absolute atomic E-state index is 0.313. The van der Waals surface area contributed by atoms with Crippen molar-refractivity contribution in [3.63, 3.8) is 0 Å². The second-order valence-corrected chi connectivity index (χ2v) is 9.44. The molecule has 1 unspecified atom stereocenters. The van der Waals surface area contributed by atoms with Crippen LogP contribution in [-0.4, -0.2) is 78.9 Å². The first kappa shape index (κ1) is 32.0. The quantitative estimate of drug-likeness (QED) is 0.304. The lowest BCUT2D eigenvalue weighted by Crippen LogP contribution is -2.21. The van der Waals surface area contributed by atoms with Gasteiger partial charge in [-0.15, -0.1) is 0 Å². The van der Waals surface area contributed by atoms with E-state index in [-0.39, 0.29) is 0 Å². The number of likely N-dealkylation sites (tertiary alicyclic amines) is 1. The normalized spacial score (nSPS) is 16.1. The van der Waals surface area contributed by atoms with Crippen molar-refractivity contribution in [3.8, 4) is 22.6 Å². The highest BCUT2D eigenvalue weighted by molar-refractivity contribution is 5.73. The molecule has 11 nitrogen and oxygen atoms in total. The number of carboxylic acid groups (broad SMARTS) is 2. The van der Waals surface area contributed by atoms with Gasteiger partial charge in [-0.2, -0.15) is 31.4 Å². The molecule has 0 bridgehead atoms. The fourth-order valence-electron chi connectivity index (χ4n) is 4.27. The van der Waals surface area contributed by atoms with Crippen LogP contribution in [0.3, 0.4) is 0 Å². The summed E-state index contributed by atoms with van der Waals surface area (Å²) in [5.74, 6) is -2.56. The Balaban J connectivity index is 0.000000265. The number of halogens is 6. The Morgan fingerprint density at radius 3 is 2.16 bits per heavy atom. The average molecular weight is 627 g/mol. The Morgan fingerprint density at radius 2 is 1.52 bits per heavy atom. The molecule has 4 aromatic rings. The van der Waals surface area contributed by atoms with Gasteiger partial charge >= 0.3 is 24.3 Å². The average Bonchev–Trinajstić information content (AvgIpc) is 3.72. The van der Waals surface area contributed by atoms with Crippen LogP contribution in [-0.2, 0) is 16.1 Å². The van der Waals surface area contributed by atoms with Crippen LogP contribution in [0.2, 0.25) is 0 Å². The van der Waals surface area contributed by atoms with Crippen LogP contribution in [0.5, 0.6) is 11.5 Å². The number of carboxylic acids is 2. The van der Waals surface area contributed by atoms with Crippen molar-refractivity contribution in [2.75, 3.05) is 19.9 Å². The molecule has 5 heterocycles. The molecule has 234 valence electrons. The maximum atomic E-state index is 10.6. The number of hydrogen-bond acceptors (Lipinski definition) is 8. The molecule has 3 aromatic heterocycles. The molecular weight excluding hydrogens is 604 g/mol. The fraction of sp³-hybridized carbons (Fsp3) is 0.296. The van der Waals surface area contributed by atoms with Crippen LogP contribution in [0.15, 0.2) is 61.1 Å². The molecule has 2 aliphatic rings. The highest BCUT2D eigenvalue weighted by Crippen LogP contribution is 2.34. The van der Waals surface area contributed by atoms with E-state index in [9.17, 15) is 26.3 Å². The van der Waals surface area contributed by atoms with E-state index in [0.717, 1.165) is 60.2 Å². The zero-order chi connectivity index (χ0) is 32.1. The predicted octanol–water partition coefficient (Wildman–Crippen LogP) is 4.78. The minimum atomic E-state index is -5.08. The van der Waals surface area contributed by atoms with Crippen LogP contribution in [0.4, 0.5) is 26.3 Å². The topological polar surface area (TPSA) is 139 Å². The van der Waals surface area contributed by atoms with E-state index in [0.29, 0.717) is 12.7 Å². The van der Waals surface area contributed by atoms with Crippen molar-refractivity contribution in [1.29, 1.82) is 0 Å². The van der Waals surface area contributed by atoms with Crippen LogP contribution < -0.4 is 9.47 Å². The van der Waals surface area contributed by atoms with Gasteiger partial charge in [0, 0.05) is 43.2 Å². The number of pyridine rings is 2. The number of aliphatic carboxylic acids is 2. The standard InChI is InChI=1S/C23H21N5O2.2C2HF3O2/c1-3-20-21(30-15-29-20)11-16(1)12-27-10-7-19(13-27)23-25-22-4-2-18(14-28(22)26-23)17-5-8-24-9-6-17;2*3-2(4,5)1(6)7/h1-6,8-9,11,14,19H,7,10,12-13,15H2;2*(H,6,7). The summed E-state index contributed by atoms with van der Waals surface area (Å²) in [5, 5.41) is 19.0. The van der Waals surface area contributed by atoms with Crippen molar-refractivity contribution in [2.24, 2.45) is 0 Å². The third-order valence-corrected chi connectivity index (χ3v) is 6.33. The monoisotopic (exact) mass is 627 g/mol. The number of aromatic nitrogens is 4. The maximum absolute atomic E-state index is 10.6. The number of nitrogens with zero attached hydrogens (tertiary/aromatic N) is 5. The van der Waals surface area contributed by atoms with Crippen molar-refractivity contribution in [3.05, 3.63) is 72.4 Å². The third kappa shape index (κ3) is 8.33. The van der Waals surface area contributed by atoms with E-state index in [1.54, 1.807) is 12.4 Å². The molecule has 0 aliphatic carbocycles. The summed E-state index contributed by atoms with van der Waals surface area (Å²) in [6, 6.07) is 14.3. The third-order valence-electron chi connectivity index (χ3n) is 6.33. The van der Waals surface area contributed by atoms with Crippen LogP contribution in [0.1, 0.15) is 23.7 Å². The summed E-state index contributed by atoms with van der Waals surface area (Å²) in [6.45, 7) is 3.21. The van der Waals surface area contributed by atoms with Crippen LogP contribution in [0, 0.1) is 0 Å². The minimum Gasteiger partial charge on any atom is -0.475 e. The first-order chi connectivity index (χ1) is 20.7. The van der Waals surface area contributed by atoms with Gasteiger partial charge in [0.1, 0.15) is 0 Å². The van der Waals surface area contributed by atoms with Crippen molar-refractivity contribution < 1.29 is 55.6 Å². The molecule has 2 aliphatic heterocycles. The fourth-order valence-corrected chi connectivity index (χ4v) is 4.27. The molecule has 1 saturated heterocycles. The summed E-state index contributed by atoms with van der Waals surface area (Å²) in [7, 11) is 0. The van der Waals surface area contributed by atoms with Gasteiger partial charge in [-0.3, -0.25) is 9.88 Å². The smallest absolute Gasteiger partial charge is 0.475 e. The van der Waals surface area contributed by atoms with E-state index >= 15 is 0 Å². The van der Waals surface area contributed by atoms with Gasteiger partial charge < -0.3 is 19.7 Å². The highest BCUT2D eigenvalue weighted by atomic mass is 19.4. The van der Waals surface area contributed by atoms with E-state index in [4.69, 9.17) is 39.4 Å². The molecule has 1 atom stereocenters. The Bertz CT molecular complexity index is 1590. The Labute approximate surface area is 244 Å². The summed E-state index contributed by atoms with van der Waals surface area (Å²) in [4.78, 5) is 29.1. The lowest BCUT2D eigenvalue weighted by molar-refractivity contribution is -0.193. The zero-order valence-electron chi connectivity index (χ0n) is 22.4. The Kier molecular flexibility index (Phi) is 9.56. The van der Waals surface area contributed by atoms with Crippen molar-refractivity contribution in [1.82, 2.24) is 24.5 Å².